The standard InChI is InChI=1S/C17H33NO/c1-6-10-18-15(16-9-7-8-11-19-16)12-14(2)13-17(3,4)5/h9,14-15,18H,6-8,10-13H2,1-5H3. The van der Waals surface area contributed by atoms with Crippen LogP contribution in [0.15, 0.2) is 11.8 Å². The van der Waals surface area contributed by atoms with Gasteiger partial charge in [-0.3, -0.25) is 0 Å². The Morgan fingerprint density at radius 3 is 2.63 bits per heavy atom. The third-order valence-corrected chi connectivity index (χ3v) is 3.55. The van der Waals surface area contributed by atoms with E-state index in [9.17, 15) is 0 Å². The topological polar surface area (TPSA) is 21.3 Å². The molecular weight excluding hydrogens is 234 g/mol. The van der Waals surface area contributed by atoms with Gasteiger partial charge in [-0.1, -0.05) is 34.6 Å². The first-order valence-corrected chi connectivity index (χ1v) is 7.98. The van der Waals surface area contributed by atoms with Crippen molar-refractivity contribution in [2.45, 2.75) is 72.8 Å². The molecule has 1 rings (SSSR count). The van der Waals surface area contributed by atoms with Crippen LogP contribution in [0.2, 0.25) is 0 Å². The lowest BCUT2D eigenvalue weighted by Gasteiger charge is -2.29. The summed E-state index contributed by atoms with van der Waals surface area (Å²) in [5.74, 6) is 1.92. The molecule has 0 saturated heterocycles. The van der Waals surface area contributed by atoms with Crippen LogP contribution in [0.4, 0.5) is 0 Å². The summed E-state index contributed by atoms with van der Waals surface area (Å²) in [5.41, 5.74) is 0.413. The highest BCUT2D eigenvalue weighted by Crippen LogP contribution is 2.28. The molecule has 0 saturated carbocycles. The summed E-state index contributed by atoms with van der Waals surface area (Å²) in [5, 5.41) is 3.66. The second-order valence-electron chi connectivity index (χ2n) is 7.21. The number of ether oxygens (including phenoxy) is 1. The van der Waals surface area contributed by atoms with Crippen LogP contribution >= 0.6 is 0 Å². The molecule has 0 bridgehead atoms. The molecule has 0 aromatic heterocycles. The van der Waals surface area contributed by atoms with Gasteiger partial charge in [-0.2, -0.15) is 0 Å². The SMILES string of the molecule is CCCNC(CC(C)CC(C)(C)C)C1=CCCCO1. The maximum atomic E-state index is 5.87. The molecule has 1 heterocycles. The predicted molar refractivity (Wildman–Crippen MR) is 83.2 cm³/mol. The molecule has 2 nitrogen and oxygen atoms in total. The van der Waals surface area contributed by atoms with E-state index in [1.165, 1.54) is 37.9 Å². The van der Waals surface area contributed by atoms with E-state index >= 15 is 0 Å². The molecule has 1 aliphatic heterocycles. The second kappa shape index (κ2) is 7.94. The van der Waals surface area contributed by atoms with Crippen LogP contribution in [-0.4, -0.2) is 19.2 Å². The highest BCUT2D eigenvalue weighted by molar-refractivity contribution is 5.06. The zero-order valence-electron chi connectivity index (χ0n) is 13.6. The van der Waals surface area contributed by atoms with Crippen LogP contribution in [0.25, 0.3) is 0 Å². The van der Waals surface area contributed by atoms with E-state index in [-0.39, 0.29) is 0 Å². The lowest BCUT2D eigenvalue weighted by Crippen LogP contribution is -2.35. The zero-order chi connectivity index (χ0) is 14.3. The van der Waals surface area contributed by atoms with Gasteiger partial charge in [0.15, 0.2) is 0 Å². The van der Waals surface area contributed by atoms with E-state index < -0.39 is 0 Å². The van der Waals surface area contributed by atoms with Gasteiger partial charge in [0.2, 0.25) is 0 Å². The molecular formula is C17H33NO. The summed E-state index contributed by atoms with van der Waals surface area (Å²) in [6.45, 7) is 13.5. The smallest absolute Gasteiger partial charge is 0.109 e. The fourth-order valence-corrected chi connectivity index (χ4v) is 2.97. The molecule has 1 N–H and O–H groups in total. The Morgan fingerprint density at radius 2 is 2.11 bits per heavy atom. The summed E-state index contributed by atoms with van der Waals surface area (Å²) in [4.78, 5) is 0. The minimum atomic E-state index is 0.413. The molecule has 2 unspecified atom stereocenters. The maximum absolute atomic E-state index is 5.87. The van der Waals surface area contributed by atoms with Crippen molar-refractivity contribution in [2.24, 2.45) is 11.3 Å². The average Bonchev–Trinajstić information content (AvgIpc) is 2.33. The number of allylic oxidation sites excluding steroid dienone is 1. The number of nitrogens with one attached hydrogen (secondary N) is 1. The van der Waals surface area contributed by atoms with E-state index in [1.54, 1.807) is 0 Å². The normalized spacial score (nSPS) is 19.5. The van der Waals surface area contributed by atoms with Crippen molar-refractivity contribution in [3.05, 3.63) is 11.8 Å². The molecule has 2 heteroatoms. The molecule has 2 atom stereocenters. The number of rotatable bonds is 7. The van der Waals surface area contributed by atoms with Gasteiger partial charge in [0.1, 0.15) is 5.76 Å². The van der Waals surface area contributed by atoms with Crippen molar-refractivity contribution >= 4 is 0 Å². The molecule has 0 fully saturated rings. The second-order valence-corrected chi connectivity index (χ2v) is 7.21. The van der Waals surface area contributed by atoms with Crippen LogP contribution in [0, 0.1) is 11.3 Å². The molecule has 1 aliphatic rings. The van der Waals surface area contributed by atoms with Crippen molar-refractivity contribution in [1.29, 1.82) is 0 Å². The Morgan fingerprint density at radius 1 is 1.37 bits per heavy atom. The van der Waals surface area contributed by atoms with Gasteiger partial charge in [-0.15, -0.1) is 0 Å². The van der Waals surface area contributed by atoms with E-state index in [1.807, 2.05) is 0 Å². The molecule has 0 aliphatic carbocycles. The first-order valence-electron chi connectivity index (χ1n) is 7.98. The summed E-state index contributed by atoms with van der Waals surface area (Å²) < 4.78 is 5.87. The van der Waals surface area contributed by atoms with Gasteiger partial charge in [0, 0.05) is 0 Å². The summed E-state index contributed by atoms with van der Waals surface area (Å²) in [6, 6.07) is 0.414. The van der Waals surface area contributed by atoms with Crippen molar-refractivity contribution in [3.63, 3.8) is 0 Å². The van der Waals surface area contributed by atoms with E-state index in [2.05, 4.69) is 46.0 Å². The first-order chi connectivity index (χ1) is 8.92. The molecule has 0 radical (unpaired) electrons. The highest BCUT2D eigenvalue weighted by atomic mass is 16.5. The van der Waals surface area contributed by atoms with Gasteiger partial charge in [0.25, 0.3) is 0 Å². The largest absolute Gasteiger partial charge is 0.497 e. The van der Waals surface area contributed by atoms with Crippen LogP contribution < -0.4 is 5.32 Å². The van der Waals surface area contributed by atoms with Crippen molar-refractivity contribution in [1.82, 2.24) is 5.32 Å². The molecule has 0 aromatic rings. The lowest BCUT2D eigenvalue weighted by atomic mass is 9.82. The molecule has 0 aromatic carbocycles. The number of hydrogen-bond acceptors (Lipinski definition) is 2. The average molecular weight is 267 g/mol. The third-order valence-electron chi connectivity index (χ3n) is 3.55. The van der Waals surface area contributed by atoms with Crippen LogP contribution in [0.5, 0.6) is 0 Å². The van der Waals surface area contributed by atoms with Gasteiger partial charge in [-0.25, -0.2) is 0 Å². The Bertz CT molecular complexity index is 277. The molecule has 112 valence electrons. The quantitative estimate of drug-likeness (QED) is 0.732. The van der Waals surface area contributed by atoms with E-state index in [4.69, 9.17) is 4.74 Å². The third kappa shape index (κ3) is 7.00. The van der Waals surface area contributed by atoms with Gasteiger partial charge in [0.05, 0.1) is 12.6 Å². The van der Waals surface area contributed by atoms with Crippen molar-refractivity contribution < 1.29 is 4.74 Å². The minimum Gasteiger partial charge on any atom is -0.497 e. The zero-order valence-corrected chi connectivity index (χ0v) is 13.6. The van der Waals surface area contributed by atoms with Gasteiger partial charge >= 0.3 is 0 Å². The van der Waals surface area contributed by atoms with Gasteiger partial charge in [-0.05, 0) is 56.1 Å². The Labute approximate surface area is 120 Å². The monoisotopic (exact) mass is 267 g/mol. The van der Waals surface area contributed by atoms with Crippen LogP contribution in [0.1, 0.15) is 66.7 Å². The fourth-order valence-electron chi connectivity index (χ4n) is 2.97. The van der Waals surface area contributed by atoms with E-state index in [0.717, 1.165) is 19.1 Å². The summed E-state index contributed by atoms with van der Waals surface area (Å²) in [6.07, 6.45) is 8.26. The number of hydrogen-bond donors (Lipinski definition) is 1. The van der Waals surface area contributed by atoms with Crippen molar-refractivity contribution in [2.75, 3.05) is 13.2 Å². The Balaban J connectivity index is 2.55. The molecule has 0 spiro atoms. The van der Waals surface area contributed by atoms with E-state index in [0.29, 0.717) is 11.5 Å². The maximum Gasteiger partial charge on any atom is 0.109 e. The molecule has 0 amide bonds. The van der Waals surface area contributed by atoms with Crippen LogP contribution in [-0.2, 0) is 4.74 Å². The highest BCUT2D eigenvalue weighted by Gasteiger charge is 2.22. The van der Waals surface area contributed by atoms with Gasteiger partial charge < -0.3 is 10.1 Å². The predicted octanol–water partition coefficient (Wildman–Crippen LogP) is 4.51. The first kappa shape index (κ1) is 16.6. The lowest BCUT2D eigenvalue weighted by molar-refractivity contribution is 0.156. The summed E-state index contributed by atoms with van der Waals surface area (Å²) in [7, 11) is 0. The van der Waals surface area contributed by atoms with Crippen molar-refractivity contribution in [3.8, 4) is 0 Å². The fraction of sp³-hybridized carbons (Fsp3) is 0.882. The Hall–Kier alpha value is -0.500. The summed E-state index contributed by atoms with van der Waals surface area (Å²) >= 11 is 0. The molecule has 19 heavy (non-hydrogen) atoms. The minimum absolute atomic E-state index is 0.413. The Kier molecular flexibility index (Phi) is 6.92. The van der Waals surface area contributed by atoms with Crippen LogP contribution in [0.3, 0.4) is 0 Å².